The Bertz CT molecular complexity index is 1420. The minimum Gasteiger partial charge on any atom is -0.330 e. The van der Waals surface area contributed by atoms with Gasteiger partial charge in [0.05, 0.1) is 23.5 Å². The van der Waals surface area contributed by atoms with Gasteiger partial charge < -0.3 is 10.6 Å². The average Bonchev–Trinajstić information content (AvgIpc) is 2.90. The van der Waals surface area contributed by atoms with E-state index in [0.717, 1.165) is 17.5 Å². The van der Waals surface area contributed by atoms with Gasteiger partial charge in [-0.3, -0.25) is 14.2 Å². The van der Waals surface area contributed by atoms with Crippen molar-refractivity contribution < 1.29 is 4.79 Å². The molecule has 4 rings (SSSR count). The van der Waals surface area contributed by atoms with Crippen molar-refractivity contribution in [2.45, 2.75) is 45.7 Å². The molecule has 1 unspecified atom stereocenters. The van der Waals surface area contributed by atoms with Crippen LogP contribution >= 0.6 is 11.6 Å². The summed E-state index contributed by atoms with van der Waals surface area (Å²) in [5.74, 6) is 0.460. The van der Waals surface area contributed by atoms with Gasteiger partial charge in [0, 0.05) is 17.1 Å². The van der Waals surface area contributed by atoms with Gasteiger partial charge >= 0.3 is 0 Å². The van der Waals surface area contributed by atoms with Crippen LogP contribution in [0.25, 0.3) is 10.9 Å². The minimum atomic E-state index is -0.412. The Morgan fingerprint density at radius 3 is 2.49 bits per heavy atom. The molecule has 6 nitrogen and oxygen atoms in total. The normalized spacial score (nSPS) is 12.0. The largest absolute Gasteiger partial charge is 0.330 e. The van der Waals surface area contributed by atoms with Crippen molar-refractivity contribution in [1.29, 1.82) is 0 Å². The lowest BCUT2D eigenvalue weighted by molar-refractivity contribution is 0.0649. The predicted octanol–water partition coefficient (Wildman–Crippen LogP) is 5.74. The average molecular weight is 517 g/mol. The zero-order chi connectivity index (χ0) is 26.4. The number of rotatable bonds is 10. The van der Waals surface area contributed by atoms with Crippen LogP contribution in [-0.4, -0.2) is 33.4 Å². The second-order valence-corrected chi connectivity index (χ2v) is 9.76. The maximum Gasteiger partial charge on any atom is 0.261 e. The van der Waals surface area contributed by atoms with Crippen LogP contribution < -0.4 is 11.3 Å². The van der Waals surface area contributed by atoms with Crippen LogP contribution in [0.5, 0.6) is 0 Å². The number of carbonyl (C=O) groups excluding carboxylic acids is 1. The Balaban J connectivity index is 1.91. The number of aryl methyl sites for hydroxylation is 1. The molecule has 2 N–H and O–H groups in total. The summed E-state index contributed by atoms with van der Waals surface area (Å²) in [6, 6.07) is 22.1. The van der Waals surface area contributed by atoms with Gasteiger partial charge in [-0.15, -0.1) is 0 Å². The summed E-state index contributed by atoms with van der Waals surface area (Å²) >= 11 is 6.28. The van der Waals surface area contributed by atoms with Crippen LogP contribution in [0.3, 0.4) is 0 Å². The van der Waals surface area contributed by atoms with E-state index in [2.05, 4.69) is 6.92 Å². The van der Waals surface area contributed by atoms with E-state index in [1.807, 2.05) is 66.4 Å². The molecule has 0 bridgehead atoms. The summed E-state index contributed by atoms with van der Waals surface area (Å²) in [6.07, 6.45) is 2.09. The molecular formula is C30H33ClN4O2. The maximum absolute atomic E-state index is 13.9. The number of amides is 1. The first-order valence-corrected chi connectivity index (χ1v) is 13.1. The van der Waals surface area contributed by atoms with Gasteiger partial charge in [-0.2, -0.15) is 0 Å². The van der Waals surface area contributed by atoms with Crippen LogP contribution in [-0.2, 0) is 6.54 Å². The molecule has 4 aromatic rings. The number of halogens is 1. The molecule has 1 heterocycles. The summed E-state index contributed by atoms with van der Waals surface area (Å²) in [5, 5.41) is 1.01. The highest BCUT2D eigenvalue weighted by Gasteiger charge is 2.30. The standard InChI is InChI=1S/C30H33ClN4O2/c1-3-8-27(34(18-7-17-32)29(36)23-13-11-21(2)12-14-23)28-33-26-19-24(31)15-16-25(26)30(37)35(28)20-22-9-5-4-6-10-22/h4-6,9-16,19,27H,3,7-8,17-18,20,32H2,1-2H3. The second kappa shape index (κ2) is 12.2. The Morgan fingerprint density at radius 2 is 1.81 bits per heavy atom. The number of benzene rings is 3. The highest BCUT2D eigenvalue weighted by atomic mass is 35.5. The molecule has 0 aliphatic heterocycles. The van der Waals surface area contributed by atoms with Gasteiger partial charge in [-0.1, -0.05) is 73.0 Å². The molecule has 0 fully saturated rings. The summed E-state index contributed by atoms with van der Waals surface area (Å²) in [7, 11) is 0. The molecule has 1 atom stereocenters. The molecule has 0 aliphatic rings. The lowest BCUT2D eigenvalue weighted by atomic mass is 10.0. The fourth-order valence-corrected chi connectivity index (χ4v) is 4.77. The second-order valence-electron chi connectivity index (χ2n) is 9.32. The van der Waals surface area contributed by atoms with Gasteiger partial charge in [0.2, 0.25) is 0 Å². The van der Waals surface area contributed by atoms with Gasteiger partial charge in [0.25, 0.3) is 11.5 Å². The number of nitrogens with zero attached hydrogens (tertiary/aromatic N) is 3. The van der Waals surface area contributed by atoms with E-state index in [1.165, 1.54) is 0 Å². The fourth-order valence-electron chi connectivity index (χ4n) is 4.60. The van der Waals surface area contributed by atoms with Crippen molar-refractivity contribution in [3.63, 3.8) is 0 Å². The topological polar surface area (TPSA) is 81.2 Å². The number of hydrogen-bond donors (Lipinski definition) is 1. The lowest BCUT2D eigenvalue weighted by Gasteiger charge is -2.33. The van der Waals surface area contributed by atoms with Gasteiger partial charge in [0.15, 0.2) is 0 Å². The maximum atomic E-state index is 13.9. The first-order chi connectivity index (χ1) is 17.9. The molecule has 0 saturated carbocycles. The van der Waals surface area contributed by atoms with Crippen molar-refractivity contribution in [2.24, 2.45) is 5.73 Å². The van der Waals surface area contributed by atoms with Crippen molar-refractivity contribution >= 4 is 28.4 Å². The first kappa shape index (κ1) is 26.6. The molecule has 1 aromatic heterocycles. The molecule has 3 aromatic carbocycles. The highest BCUT2D eigenvalue weighted by molar-refractivity contribution is 6.31. The zero-order valence-electron chi connectivity index (χ0n) is 21.4. The Kier molecular flexibility index (Phi) is 8.74. The quantitative estimate of drug-likeness (QED) is 0.291. The number of nitrogens with two attached hydrogens (primary N) is 1. The SMILES string of the molecule is CCCC(c1nc2cc(Cl)ccc2c(=O)n1Cc1ccccc1)N(CCCN)C(=O)c1ccc(C)cc1. The molecule has 7 heteroatoms. The van der Waals surface area contributed by atoms with Crippen molar-refractivity contribution in [1.82, 2.24) is 14.5 Å². The van der Waals surface area contributed by atoms with Crippen LogP contribution in [0.2, 0.25) is 5.02 Å². The first-order valence-electron chi connectivity index (χ1n) is 12.7. The molecule has 0 spiro atoms. The summed E-state index contributed by atoms with van der Waals surface area (Å²) in [5.41, 5.74) is 8.92. The van der Waals surface area contributed by atoms with E-state index in [-0.39, 0.29) is 11.5 Å². The number of hydrogen-bond acceptors (Lipinski definition) is 4. The molecule has 192 valence electrons. The van der Waals surface area contributed by atoms with Gasteiger partial charge in [0.1, 0.15) is 5.82 Å². The van der Waals surface area contributed by atoms with Crippen LogP contribution in [0.15, 0.2) is 77.6 Å². The summed E-state index contributed by atoms with van der Waals surface area (Å²) in [4.78, 5) is 34.5. The minimum absolute atomic E-state index is 0.0985. The number of aromatic nitrogens is 2. The van der Waals surface area contributed by atoms with E-state index in [1.54, 1.807) is 22.8 Å². The summed E-state index contributed by atoms with van der Waals surface area (Å²) < 4.78 is 1.71. The zero-order valence-corrected chi connectivity index (χ0v) is 22.1. The van der Waals surface area contributed by atoms with E-state index in [9.17, 15) is 9.59 Å². The van der Waals surface area contributed by atoms with Crippen molar-refractivity contribution in [3.8, 4) is 0 Å². The highest BCUT2D eigenvalue weighted by Crippen LogP contribution is 2.28. The molecular weight excluding hydrogens is 484 g/mol. The smallest absolute Gasteiger partial charge is 0.261 e. The number of carbonyl (C=O) groups is 1. The molecule has 0 aliphatic carbocycles. The third kappa shape index (κ3) is 6.09. The van der Waals surface area contributed by atoms with Crippen LogP contribution in [0.1, 0.15) is 59.5 Å². The third-order valence-electron chi connectivity index (χ3n) is 6.53. The Morgan fingerprint density at radius 1 is 1.08 bits per heavy atom. The lowest BCUT2D eigenvalue weighted by Crippen LogP contribution is -2.40. The van der Waals surface area contributed by atoms with E-state index in [4.69, 9.17) is 22.3 Å². The van der Waals surface area contributed by atoms with Gasteiger partial charge in [-0.05, 0) is 62.2 Å². The molecule has 37 heavy (non-hydrogen) atoms. The third-order valence-corrected chi connectivity index (χ3v) is 6.76. The fraction of sp³-hybridized carbons (Fsp3) is 0.300. The van der Waals surface area contributed by atoms with E-state index >= 15 is 0 Å². The van der Waals surface area contributed by atoms with Crippen LogP contribution in [0.4, 0.5) is 0 Å². The van der Waals surface area contributed by atoms with Crippen molar-refractivity contribution in [3.05, 3.63) is 111 Å². The van der Waals surface area contributed by atoms with Crippen LogP contribution in [0, 0.1) is 6.92 Å². The van der Waals surface area contributed by atoms with E-state index in [0.29, 0.717) is 59.8 Å². The molecule has 0 radical (unpaired) electrons. The molecule has 1 amide bonds. The Hall–Kier alpha value is -3.48. The monoisotopic (exact) mass is 516 g/mol. The van der Waals surface area contributed by atoms with E-state index < -0.39 is 6.04 Å². The summed E-state index contributed by atoms with van der Waals surface area (Å²) in [6.45, 7) is 5.33. The predicted molar refractivity (Wildman–Crippen MR) is 150 cm³/mol. The van der Waals surface area contributed by atoms with Crippen molar-refractivity contribution in [2.75, 3.05) is 13.1 Å². The Labute approximate surface area is 222 Å². The molecule has 0 saturated heterocycles. The number of fused-ring (bicyclic) bond motifs is 1. The van der Waals surface area contributed by atoms with Gasteiger partial charge in [-0.25, -0.2) is 4.98 Å².